The molecule has 0 aliphatic heterocycles. The van der Waals surface area contributed by atoms with Crippen LogP contribution in [0, 0.1) is 5.92 Å². The summed E-state index contributed by atoms with van der Waals surface area (Å²) in [5, 5.41) is 0. The van der Waals surface area contributed by atoms with Crippen LogP contribution in [0.1, 0.15) is 19.3 Å². The first kappa shape index (κ1) is 10.3. The van der Waals surface area contributed by atoms with E-state index in [1.54, 1.807) is 0 Å². The molecule has 0 aromatic rings. The van der Waals surface area contributed by atoms with Gasteiger partial charge in [-0.25, -0.2) is 9.79 Å². The van der Waals surface area contributed by atoms with E-state index in [1.165, 1.54) is 6.08 Å². The van der Waals surface area contributed by atoms with Crippen LogP contribution in [0.2, 0.25) is 0 Å². The van der Waals surface area contributed by atoms with Crippen LogP contribution in [0.3, 0.4) is 0 Å². The summed E-state index contributed by atoms with van der Waals surface area (Å²) in [6.07, 6.45) is 3.23. The van der Waals surface area contributed by atoms with Crippen molar-refractivity contribution >= 4 is 6.08 Å². The molecule has 0 saturated heterocycles. The summed E-state index contributed by atoms with van der Waals surface area (Å²) in [6, 6.07) is 0. The zero-order valence-electron chi connectivity index (χ0n) is 7.08. The molecule has 0 bridgehead atoms. The number of carbonyl (C=O) groups excluding carboxylic acids is 1. The van der Waals surface area contributed by atoms with Gasteiger partial charge in [-0.1, -0.05) is 6.42 Å². The highest BCUT2D eigenvalue weighted by Gasteiger charge is 2.29. The predicted octanol–water partition coefficient (Wildman–Crippen LogP) is 1.73. The van der Waals surface area contributed by atoms with E-state index in [2.05, 4.69) is 9.73 Å². The molecule has 13 heavy (non-hydrogen) atoms. The topological polar surface area (TPSA) is 38.7 Å². The Morgan fingerprint density at radius 2 is 2.31 bits per heavy atom. The molecule has 0 heterocycles. The van der Waals surface area contributed by atoms with Crippen LogP contribution >= 0.6 is 0 Å². The van der Waals surface area contributed by atoms with E-state index in [9.17, 15) is 13.6 Å². The minimum Gasteiger partial charge on any atom is -0.319 e. The van der Waals surface area contributed by atoms with Crippen LogP contribution < -0.4 is 0 Å². The molecular weight excluding hydrogens is 180 g/mol. The fourth-order valence-electron chi connectivity index (χ4n) is 1.68. The number of aliphatic imine (C=N–C) groups is 1. The molecule has 0 aromatic heterocycles. The largest absolute Gasteiger partial charge is 0.345 e. The Hall–Kier alpha value is -0.800. The third-order valence-electron chi connectivity index (χ3n) is 2.26. The summed E-state index contributed by atoms with van der Waals surface area (Å²) in [5.41, 5.74) is 0. The van der Waals surface area contributed by atoms with Crippen molar-refractivity contribution in [3.63, 3.8) is 0 Å². The number of isocyanates is 1. The third-order valence-corrected chi connectivity index (χ3v) is 2.26. The highest BCUT2D eigenvalue weighted by Crippen LogP contribution is 2.29. The average molecular weight is 191 g/mol. The quantitative estimate of drug-likeness (QED) is 0.501. The monoisotopic (exact) mass is 191 g/mol. The Labute approximate surface area is 74.8 Å². The fourth-order valence-corrected chi connectivity index (χ4v) is 1.68. The van der Waals surface area contributed by atoms with Gasteiger partial charge >= 0.3 is 6.61 Å². The average Bonchev–Trinajstić information content (AvgIpc) is 2.48. The second kappa shape index (κ2) is 5.04. The van der Waals surface area contributed by atoms with Gasteiger partial charge in [0.2, 0.25) is 6.08 Å². The Morgan fingerprint density at radius 3 is 2.92 bits per heavy atom. The standard InChI is InChI=1S/C8H11F2NO2/c9-8(10)13-7-3-1-2-6(7)4-11-5-12/h6-8H,1-4H2. The van der Waals surface area contributed by atoms with Gasteiger partial charge in [-0.05, 0) is 12.8 Å². The van der Waals surface area contributed by atoms with Crippen LogP contribution in [0.4, 0.5) is 8.78 Å². The lowest BCUT2D eigenvalue weighted by atomic mass is 10.1. The molecule has 1 rings (SSSR count). The summed E-state index contributed by atoms with van der Waals surface area (Å²) in [7, 11) is 0. The van der Waals surface area contributed by atoms with Gasteiger partial charge in [-0.15, -0.1) is 0 Å². The van der Waals surface area contributed by atoms with Crippen molar-refractivity contribution in [1.29, 1.82) is 0 Å². The van der Waals surface area contributed by atoms with Gasteiger partial charge in [0.15, 0.2) is 0 Å². The fraction of sp³-hybridized carbons (Fsp3) is 0.875. The van der Waals surface area contributed by atoms with Crippen molar-refractivity contribution < 1.29 is 18.3 Å². The zero-order chi connectivity index (χ0) is 9.68. The molecule has 0 radical (unpaired) electrons. The minimum atomic E-state index is -2.73. The Morgan fingerprint density at radius 1 is 1.54 bits per heavy atom. The predicted molar refractivity (Wildman–Crippen MR) is 41.2 cm³/mol. The molecule has 1 aliphatic carbocycles. The second-order valence-corrected chi connectivity index (χ2v) is 3.06. The molecule has 1 saturated carbocycles. The van der Waals surface area contributed by atoms with Crippen LogP contribution in [-0.4, -0.2) is 25.3 Å². The lowest BCUT2D eigenvalue weighted by Gasteiger charge is -2.16. The summed E-state index contributed by atoms with van der Waals surface area (Å²) < 4.78 is 28.1. The Kier molecular flexibility index (Phi) is 3.99. The number of hydrogen-bond acceptors (Lipinski definition) is 3. The summed E-state index contributed by atoms with van der Waals surface area (Å²) in [6.45, 7) is -2.48. The SMILES string of the molecule is O=C=NCC1CCCC1OC(F)F. The maximum Gasteiger partial charge on any atom is 0.345 e. The highest BCUT2D eigenvalue weighted by atomic mass is 19.3. The highest BCUT2D eigenvalue weighted by molar-refractivity contribution is 5.32. The second-order valence-electron chi connectivity index (χ2n) is 3.06. The number of nitrogens with zero attached hydrogens (tertiary/aromatic N) is 1. The van der Waals surface area contributed by atoms with Gasteiger partial charge in [0.1, 0.15) is 0 Å². The molecule has 0 spiro atoms. The number of alkyl halides is 2. The van der Waals surface area contributed by atoms with Gasteiger partial charge in [0.25, 0.3) is 0 Å². The van der Waals surface area contributed by atoms with E-state index in [0.717, 1.165) is 12.8 Å². The van der Waals surface area contributed by atoms with Gasteiger partial charge in [-0.3, -0.25) is 0 Å². The van der Waals surface area contributed by atoms with Crippen molar-refractivity contribution in [2.24, 2.45) is 10.9 Å². The first-order chi connectivity index (χ1) is 6.24. The van der Waals surface area contributed by atoms with Crippen molar-refractivity contribution in [3.05, 3.63) is 0 Å². The summed E-state index contributed by atoms with van der Waals surface area (Å²) in [4.78, 5) is 13.2. The molecule has 0 amide bonds. The van der Waals surface area contributed by atoms with Gasteiger partial charge < -0.3 is 4.74 Å². The maximum absolute atomic E-state index is 11.9. The minimum absolute atomic E-state index is 0.0459. The zero-order valence-corrected chi connectivity index (χ0v) is 7.08. The Bertz CT molecular complexity index is 204. The van der Waals surface area contributed by atoms with Crippen molar-refractivity contribution in [1.82, 2.24) is 0 Å². The molecular formula is C8H11F2NO2. The normalized spacial score (nSPS) is 27.6. The van der Waals surface area contributed by atoms with E-state index < -0.39 is 12.7 Å². The van der Waals surface area contributed by atoms with E-state index >= 15 is 0 Å². The number of ether oxygens (including phenoxy) is 1. The lowest BCUT2D eigenvalue weighted by Crippen LogP contribution is -2.22. The molecule has 74 valence electrons. The third kappa shape index (κ3) is 3.20. The van der Waals surface area contributed by atoms with Gasteiger partial charge in [0.05, 0.1) is 12.6 Å². The van der Waals surface area contributed by atoms with E-state index in [-0.39, 0.29) is 12.5 Å². The molecule has 0 aromatic carbocycles. The van der Waals surface area contributed by atoms with Crippen LogP contribution in [0.5, 0.6) is 0 Å². The molecule has 2 unspecified atom stereocenters. The van der Waals surface area contributed by atoms with Gasteiger partial charge in [0, 0.05) is 5.92 Å². The maximum atomic E-state index is 11.9. The van der Waals surface area contributed by atoms with Gasteiger partial charge in [-0.2, -0.15) is 8.78 Å². The number of rotatable bonds is 4. The van der Waals surface area contributed by atoms with E-state index in [0.29, 0.717) is 6.42 Å². The van der Waals surface area contributed by atoms with Crippen LogP contribution in [0.15, 0.2) is 4.99 Å². The summed E-state index contributed by atoms with van der Waals surface area (Å²) in [5.74, 6) is -0.0459. The first-order valence-corrected chi connectivity index (χ1v) is 4.21. The van der Waals surface area contributed by atoms with E-state index in [4.69, 9.17) is 0 Å². The summed E-state index contributed by atoms with van der Waals surface area (Å²) >= 11 is 0. The number of halogens is 2. The van der Waals surface area contributed by atoms with E-state index in [1.807, 2.05) is 0 Å². The molecule has 1 aliphatic rings. The van der Waals surface area contributed by atoms with Crippen molar-refractivity contribution in [3.8, 4) is 0 Å². The van der Waals surface area contributed by atoms with Crippen molar-refractivity contribution in [2.75, 3.05) is 6.54 Å². The first-order valence-electron chi connectivity index (χ1n) is 4.21. The van der Waals surface area contributed by atoms with Crippen LogP contribution in [0.25, 0.3) is 0 Å². The Balaban J connectivity index is 2.38. The smallest absolute Gasteiger partial charge is 0.319 e. The molecule has 1 fully saturated rings. The molecule has 0 N–H and O–H groups in total. The molecule has 5 heteroatoms. The molecule has 3 nitrogen and oxygen atoms in total. The van der Waals surface area contributed by atoms with Crippen LogP contribution in [-0.2, 0) is 9.53 Å². The molecule has 2 atom stereocenters. The number of hydrogen-bond donors (Lipinski definition) is 0. The lowest BCUT2D eigenvalue weighted by molar-refractivity contribution is -0.169. The van der Waals surface area contributed by atoms with Crippen molar-refractivity contribution in [2.45, 2.75) is 32.0 Å².